The fourth-order valence-electron chi connectivity index (χ4n) is 1.22. The average Bonchev–Trinajstić information content (AvgIpc) is 2.36. The summed E-state index contributed by atoms with van der Waals surface area (Å²) in [5.74, 6) is 5.42. The number of rotatable bonds is 3. The van der Waals surface area contributed by atoms with Crippen LogP contribution in [0.1, 0.15) is 29.8 Å². The van der Waals surface area contributed by atoms with Crippen LogP contribution >= 0.6 is 0 Å². The van der Waals surface area contributed by atoms with Gasteiger partial charge in [-0.3, -0.25) is 4.79 Å². The highest BCUT2D eigenvalue weighted by molar-refractivity contribution is 5.69. The number of carbonyl (C=O) groups excluding carboxylic acids is 1. The van der Waals surface area contributed by atoms with Gasteiger partial charge in [-0.05, 0) is 24.5 Å². The van der Waals surface area contributed by atoms with Crippen molar-refractivity contribution in [1.82, 2.24) is 4.98 Å². The van der Waals surface area contributed by atoms with Gasteiger partial charge in [-0.2, -0.15) is 0 Å². The molecule has 0 aromatic carbocycles. The molecule has 1 heterocycles. The van der Waals surface area contributed by atoms with Gasteiger partial charge in [0.2, 0.25) is 0 Å². The minimum Gasteiger partial charge on any atom is -0.469 e. The SMILES string of the molecule is COC(=O)CCC#Cc1ccc(C)c(CO)n1. The molecule has 4 nitrogen and oxygen atoms in total. The molecule has 0 spiro atoms. The van der Waals surface area contributed by atoms with Crippen molar-refractivity contribution < 1.29 is 14.6 Å². The van der Waals surface area contributed by atoms with Gasteiger partial charge in [0.1, 0.15) is 5.69 Å². The van der Waals surface area contributed by atoms with E-state index in [9.17, 15) is 4.79 Å². The molecule has 0 atom stereocenters. The summed E-state index contributed by atoms with van der Waals surface area (Å²) in [5.41, 5.74) is 2.17. The van der Waals surface area contributed by atoms with E-state index in [-0.39, 0.29) is 19.0 Å². The summed E-state index contributed by atoms with van der Waals surface area (Å²) in [7, 11) is 1.35. The van der Waals surface area contributed by atoms with Crippen LogP contribution < -0.4 is 0 Å². The zero-order valence-electron chi connectivity index (χ0n) is 9.99. The smallest absolute Gasteiger partial charge is 0.306 e. The lowest BCUT2D eigenvalue weighted by atomic mass is 10.2. The van der Waals surface area contributed by atoms with Crippen LogP contribution in [0.2, 0.25) is 0 Å². The lowest BCUT2D eigenvalue weighted by molar-refractivity contribution is -0.140. The van der Waals surface area contributed by atoms with Crippen molar-refractivity contribution in [3.63, 3.8) is 0 Å². The van der Waals surface area contributed by atoms with Gasteiger partial charge in [0.25, 0.3) is 0 Å². The molecule has 1 rings (SSSR count). The molecule has 0 unspecified atom stereocenters. The molecule has 0 amide bonds. The first-order valence-corrected chi connectivity index (χ1v) is 5.30. The van der Waals surface area contributed by atoms with E-state index in [1.807, 2.05) is 13.0 Å². The number of aliphatic hydroxyl groups is 1. The van der Waals surface area contributed by atoms with Crippen molar-refractivity contribution in [2.24, 2.45) is 0 Å². The Morgan fingerprint density at radius 1 is 1.53 bits per heavy atom. The predicted molar refractivity (Wildman–Crippen MR) is 63.0 cm³/mol. The molecule has 4 heteroatoms. The molecular formula is C13H15NO3. The maximum atomic E-state index is 10.8. The van der Waals surface area contributed by atoms with Crippen molar-refractivity contribution in [1.29, 1.82) is 0 Å². The largest absolute Gasteiger partial charge is 0.469 e. The van der Waals surface area contributed by atoms with Crippen LogP contribution in [0, 0.1) is 18.8 Å². The molecule has 1 aromatic rings. The number of aromatic nitrogens is 1. The fraction of sp³-hybridized carbons (Fsp3) is 0.385. The molecule has 17 heavy (non-hydrogen) atoms. The first kappa shape index (κ1) is 13.2. The third kappa shape index (κ3) is 4.25. The highest BCUT2D eigenvalue weighted by Gasteiger charge is 1.99. The molecule has 90 valence electrons. The number of hydrogen-bond acceptors (Lipinski definition) is 4. The molecule has 0 aliphatic heterocycles. The number of nitrogens with zero attached hydrogens (tertiary/aromatic N) is 1. The quantitative estimate of drug-likeness (QED) is 0.629. The third-order valence-corrected chi connectivity index (χ3v) is 2.25. The minimum absolute atomic E-state index is 0.0937. The Kier molecular flexibility index (Phi) is 5.18. The van der Waals surface area contributed by atoms with Crippen LogP contribution in [0.15, 0.2) is 12.1 Å². The van der Waals surface area contributed by atoms with Crippen LogP contribution in [0.3, 0.4) is 0 Å². The number of ether oxygens (including phenoxy) is 1. The topological polar surface area (TPSA) is 59.4 Å². The van der Waals surface area contributed by atoms with Gasteiger partial charge >= 0.3 is 5.97 Å². The molecule has 0 saturated carbocycles. The van der Waals surface area contributed by atoms with Crippen molar-refractivity contribution >= 4 is 5.97 Å². The highest BCUT2D eigenvalue weighted by Crippen LogP contribution is 2.05. The number of hydrogen-bond donors (Lipinski definition) is 1. The molecule has 1 N–H and O–H groups in total. The number of esters is 1. The lowest BCUT2D eigenvalue weighted by Crippen LogP contribution is -1.98. The van der Waals surface area contributed by atoms with E-state index >= 15 is 0 Å². The van der Waals surface area contributed by atoms with Gasteiger partial charge in [-0.1, -0.05) is 12.0 Å². The Morgan fingerprint density at radius 3 is 2.94 bits per heavy atom. The van der Waals surface area contributed by atoms with E-state index in [2.05, 4.69) is 21.6 Å². The maximum Gasteiger partial charge on any atom is 0.306 e. The Bertz CT molecular complexity index is 457. The van der Waals surface area contributed by atoms with Crippen molar-refractivity contribution in [2.45, 2.75) is 26.4 Å². The Morgan fingerprint density at radius 2 is 2.29 bits per heavy atom. The van der Waals surface area contributed by atoms with Crippen LogP contribution in [-0.2, 0) is 16.1 Å². The number of methoxy groups -OCH3 is 1. The number of pyridine rings is 1. The summed E-state index contributed by atoms with van der Waals surface area (Å²) in [6.45, 7) is 1.79. The molecular weight excluding hydrogens is 218 g/mol. The van der Waals surface area contributed by atoms with Crippen LogP contribution in [0.4, 0.5) is 0 Å². The maximum absolute atomic E-state index is 10.8. The Labute approximate surface area is 101 Å². The van der Waals surface area contributed by atoms with Gasteiger partial charge in [-0.25, -0.2) is 4.98 Å². The van der Waals surface area contributed by atoms with Gasteiger partial charge in [0, 0.05) is 6.42 Å². The fourth-order valence-corrected chi connectivity index (χ4v) is 1.22. The van der Waals surface area contributed by atoms with Crippen molar-refractivity contribution in [2.75, 3.05) is 7.11 Å². The normalized spacial score (nSPS) is 9.35. The summed E-state index contributed by atoms with van der Waals surface area (Å²) >= 11 is 0. The second-order valence-corrected chi connectivity index (χ2v) is 3.50. The molecule has 0 saturated heterocycles. The van der Waals surface area contributed by atoms with Gasteiger partial charge < -0.3 is 9.84 Å². The monoisotopic (exact) mass is 233 g/mol. The second-order valence-electron chi connectivity index (χ2n) is 3.50. The van der Waals surface area contributed by atoms with Crippen LogP contribution in [-0.4, -0.2) is 23.2 Å². The van der Waals surface area contributed by atoms with E-state index in [0.717, 1.165) is 5.56 Å². The standard InChI is InChI=1S/C13H15NO3/c1-10-7-8-11(14-12(10)9-15)5-3-4-6-13(16)17-2/h7-8,15H,4,6,9H2,1-2H3. The van der Waals surface area contributed by atoms with Crippen molar-refractivity contribution in [3.8, 4) is 11.8 Å². The van der Waals surface area contributed by atoms with E-state index < -0.39 is 0 Å². The average molecular weight is 233 g/mol. The van der Waals surface area contributed by atoms with Gasteiger partial charge in [0.05, 0.1) is 25.8 Å². The Hall–Kier alpha value is -1.86. The van der Waals surface area contributed by atoms with Gasteiger partial charge in [-0.15, -0.1) is 0 Å². The summed E-state index contributed by atoms with van der Waals surface area (Å²) in [6, 6.07) is 3.66. The molecule has 0 radical (unpaired) electrons. The first-order chi connectivity index (χ1) is 8.17. The van der Waals surface area contributed by atoms with E-state index in [4.69, 9.17) is 5.11 Å². The molecule has 1 aromatic heterocycles. The minimum atomic E-state index is -0.271. The summed E-state index contributed by atoms with van der Waals surface area (Å²) in [6.07, 6.45) is 0.721. The summed E-state index contributed by atoms with van der Waals surface area (Å²) < 4.78 is 4.50. The summed E-state index contributed by atoms with van der Waals surface area (Å²) in [5, 5.41) is 9.05. The van der Waals surface area contributed by atoms with E-state index in [0.29, 0.717) is 17.8 Å². The number of carbonyl (C=O) groups is 1. The van der Waals surface area contributed by atoms with Crippen LogP contribution in [0.5, 0.6) is 0 Å². The van der Waals surface area contributed by atoms with Gasteiger partial charge in [0.15, 0.2) is 0 Å². The zero-order chi connectivity index (χ0) is 12.7. The zero-order valence-corrected chi connectivity index (χ0v) is 9.99. The van der Waals surface area contributed by atoms with E-state index in [1.165, 1.54) is 7.11 Å². The summed E-state index contributed by atoms with van der Waals surface area (Å²) in [4.78, 5) is 15.0. The van der Waals surface area contributed by atoms with Crippen molar-refractivity contribution in [3.05, 3.63) is 29.1 Å². The Balaban J connectivity index is 2.63. The second kappa shape index (κ2) is 6.66. The number of aliphatic hydroxyl groups excluding tert-OH is 1. The third-order valence-electron chi connectivity index (χ3n) is 2.25. The first-order valence-electron chi connectivity index (χ1n) is 5.30. The molecule has 0 fully saturated rings. The lowest BCUT2D eigenvalue weighted by Gasteiger charge is -2.00. The molecule has 0 aliphatic carbocycles. The van der Waals surface area contributed by atoms with E-state index in [1.54, 1.807) is 6.07 Å². The predicted octanol–water partition coefficient (Wildman–Crippen LogP) is 1.19. The highest BCUT2D eigenvalue weighted by atomic mass is 16.5. The molecule has 0 aliphatic rings. The molecule has 0 bridgehead atoms. The van der Waals surface area contributed by atoms with Crippen LogP contribution in [0.25, 0.3) is 0 Å². The number of aryl methyl sites for hydroxylation is 1.